The maximum atomic E-state index is 13.0. The molecule has 1 aliphatic rings. The number of hydrogen-bond donors (Lipinski definition) is 0. The first kappa shape index (κ1) is 25.9. The molecule has 186 valence electrons. The molecule has 1 atom stereocenters. The summed E-state index contributed by atoms with van der Waals surface area (Å²) < 4.78 is 17.8. The van der Waals surface area contributed by atoms with Crippen LogP contribution in [0.5, 0.6) is 0 Å². The Hall–Kier alpha value is -3.22. The Morgan fingerprint density at radius 3 is 1.81 bits per heavy atom. The number of ether oxygens (including phenoxy) is 1. The fourth-order valence-electron chi connectivity index (χ4n) is 4.10. The number of rotatable bonds is 8. The van der Waals surface area contributed by atoms with E-state index in [-0.39, 0.29) is 5.97 Å². The fourth-order valence-corrected chi connectivity index (χ4v) is 4.10. The number of carbonyl (C=O) groups excluding carboxylic acids is 1. The highest BCUT2D eigenvalue weighted by Crippen LogP contribution is 2.36. The van der Waals surface area contributed by atoms with Gasteiger partial charge in [-0.2, -0.15) is 0 Å². The molecule has 1 saturated heterocycles. The van der Waals surface area contributed by atoms with Crippen LogP contribution in [0.2, 0.25) is 0 Å². The van der Waals surface area contributed by atoms with Crippen molar-refractivity contribution in [3.63, 3.8) is 0 Å². The van der Waals surface area contributed by atoms with Crippen molar-refractivity contribution in [3.8, 4) is 0 Å². The van der Waals surface area contributed by atoms with E-state index in [9.17, 15) is 4.79 Å². The quantitative estimate of drug-likeness (QED) is 0.257. The number of benzene rings is 3. The van der Waals surface area contributed by atoms with Gasteiger partial charge in [0.2, 0.25) is 0 Å². The maximum absolute atomic E-state index is 13.0. The standard InChI is InChI=1S/C30H34BNO4/c1-6-34-28(33)26(32-27(23-13-9-7-10-14-23)24-15-11-8-12-16-24)21-22-17-19-25(20-18-22)31-35-29(2,3)30(4,5)36-31/h7-20,26H,6,21H2,1-5H3. The predicted octanol–water partition coefficient (Wildman–Crippen LogP) is 5.00. The third kappa shape index (κ3) is 5.77. The molecular formula is C30H34BNO4. The van der Waals surface area contributed by atoms with Crippen LogP contribution in [0.25, 0.3) is 0 Å². The average molecular weight is 483 g/mol. The Bertz CT molecular complexity index is 1130. The molecule has 0 aromatic heterocycles. The summed E-state index contributed by atoms with van der Waals surface area (Å²) in [4.78, 5) is 18.0. The summed E-state index contributed by atoms with van der Waals surface area (Å²) in [6, 6.07) is 27.2. The highest BCUT2D eigenvalue weighted by molar-refractivity contribution is 6.62. The van der Waals surface area contributed by atoms with E-state index in [4.69, 9.17) is 19.0 Å². The van der Waals surface area contributed by atoms with E-state index < -0.39 is 24.4 Å². The first-order valence-electron chi connectivity index (χ1n) is 12.5. The number of carbonyl (C=O) groups is 1. The second kappa shape index (κ2) is 10.8. The van der Waals surface area contributed by atoms with Gasteiger partial charge in [0.25, 0.3) is 0 Å². The Morgan fingerprint density at radius 2 is 1.33 bits per heavy atom. The van der Waals surface area contributed by atoms with Crippen molar-refractivity contribution >= 4 is 24.3 Å². The van der Waals surface area contributed by atoms with Gasteiger partial charge in [-0.15, -0.1) is 0 Å². The molecule has 0 spiro atoms. The van der Waals surface area contributed by atoms with Crippen LogP contribution in [0.4, 0.5) is 0 Å². The first-order chi connectivity index (χ1) is 17.2. The van der Waals surface area contributed by atoms with E-state index in [0.29, 0.717) is 13.0 Å². The lowest BCUT2D eigenvalue weighted by Gasteiger charge is -2.32. The van der Waals surface area contributed by atoms with Gasteiger partial charge in [0.15, 0.2) is 6.04 Å². The molecule has 6 heteroatoms. The molecule has 0 saturated carbocycles. The summed E-state index contributed by atoms with van der Waals surface area (Å²) in [5, 5.41) is 0. The topological polar surface area (TPSA) is 57.1 Å². The smallest absolute Gasteiger partial charge is 0.464 e. The molecule has 5 nitrogen and oxygen atoms in total. The molecule has 1 unspecified atom stereocenters. The Kier molecular flexibility index (Phi) is 7.77. The largest absolute Gasteiger partial charge is 0.494 e. The lowest BCUT2D eigenvalue weighted by molar-refractivity contribution is -0.144. The SMILES string of the molecule is CCOC(=O)C(Cc1ccc(B2OC(C)(C)C(C)(C)O2)cc1)N=C(c1ccccc1)c1ccccc1. The normalized spacial score (nSPS) is 16.9. The van der Waals surface area contributed by atoms with Crippen molar-refractivity contribution in [2.45, 2.75) is 58.3 Å². The third-order valence-corrected chi connectivity index (χ3v) is 6.87. The van der Waals surface area contributed by atoms with Gasteiger partial charge < -0.3 is 14.0 Å². The van der Waals surface area contributed by atoms with Gasteiger partial charge in [0.1, 0.15) is 0 Å². The summed E-state index contributed by atoms with van der Waals surface area (Å²) in [5.74, 6) is -0.336. The molecule has 0 radical (unpaired) electrons. The van der Waals surface area contributed by atoms with Crippen molar-refractivity contribution in [2.75, 3.05) is 6.61 Å². The fraction of sp³-hybridized carbons (Fsp3) is 0.333. The highest BCUT2D eigenvalue weighted by atomic mass is 16.7. The number of nitrogens with zero attached hydrogens (tertiary/aromatic N) is 1. The second-order valence-electron chi connectivity index (χ2n) is 10.0. The molecule has 36 heavy (non-hydrogen) atoms. The summed E-state index contributed by atoms with van der Waals surface area (Å²) in [5.41, 5.74) is 3.81. The van der Waals surface area contributed by atoms with Crippen molar-refractivity contribution in [1.82, 2.24) is 0 Å². The Labute approximate surface area is 214 Å². The van der Waals surface area contributed by atoms with E-state index >= 15 is 0 Å². The van der Waals surface area contributed by atoms with E-state index in [1.165, 1.54) is 0 Å². The first-order valence-corrected chi connectivity index (χ1v) is 12.5. The van der Waals surface area contributed by atoms with Crippen LogP contribution in [0.3, 0.4) is 0 Å². The molecule has 1 heterocycles. The monoisotopic (exact) mass is 483 g/mol. The minimum Gasteiger partial charge on any atom is -0.464 e. The van der Waals surface area contributed by atoms with Crippen LogP contribution < -0.4 is 5.46 Å². The van der Waals surface area contributed by atoms with Crippen LogP contribution in [-0.4, -0.2) is 42.7 Å². The van der Waals surface area contributed by atoms with Gasteiger partial charge in [-0.05, 0) is 45.6 Å². The molecule has 0 amide bonds. The van der Waals surface area contributed by atoms with Crippen LogP contribution in [0.15, 0.2) is 89.9 Å². The zero-order valence-corrected chi connectivity index (χ0v) is 21.7. The van der Waals surface area contributed by atoms with Crippen LogP contribution >= 0.6 is 0 Å². The predicted molar refractivity (Wildman–Crippen MR) is 145 cm³/mol. The second-order valence-corrected chi connectivity index (χ2v) is 10.0. The average Bonchev–Trinajstić information content (AvgIpc) is 3.10. The minimum absolute atomic E-state index is 0.303. The van der Waals surface area contributed by atoms with Crippen molar-refractivity contribution < 1.29 is 18.8 Å². The third-order valence-electron chi connectivity index (χ3n) is 6.87. The number of hydrogen-bond acceptors (Lipinski definition) is 5. The maximum Gasteiger partial charge on any atom is 0.494 e. The summed E-state index contributed by atoms with van der Waals surface area (Å²) in [6.45, 7) is 10.3. The van der Waals surface area contributed by atoms with E-state index in [1.807, 2.05) is 120 Å². The number of aliphatic imine (C=N–C) groups is 1. The van der Waals surface area contributed by atoms with Gasteiger partial charge in [-0.3, -0.25) is 4.99 Å². The van der Waals surface area contributed by atoms with Gasteiger partial charge in [0, 0.05) is 17.5 Å². The molecule has 0 bridgehead atoms. The van der Waals surface area contributed by atoms with Crippen LogP contribution in [-0.2, 0) is 25.3 Å². The molecule has 3 aromatic carbocycles. The molecule has 3 aromatic rings. The Morgan fingerprint density at radius 1 is 0.833 bits per heavy atom. The highest BCUT2D eigenvalue weighted by Gasteiger charge is 2.51. The summed E-state index contributed by atoms with van der Waals surface area (Å²) in [6.07, 6.45) is 0.422. The van der Waals surface area contributed by atoms with Gasteiger partial charge >= 0.3 is 13.1 Å². The van der Waals surface area contributed by atoms with E-state index in [1.54, 1.807) is 0 Å². The molecule has 1 aliphatic heterocycles. The van der Waals surface area contributed by atoms with Crippen LogP contribution in [0, 0.1) is 0 Å². The minimum atomic E-state index is -0.678. The van der Waals surface area contributed by atoms with Crippen molar-refractivity contribution in [1.29, 1.82) is 0 Å². The zero-order chi connectivity index (χ0) is 25.8. The zero-order valence-electron chi connectivity index (χ0n) is 21.7. The number of esters is 1. The van der Waals surface area contributed by atoms with Gasteiger partial charge in [-0.1, -0.05) is 84.9 Å². The molecule has 4 rings (SSSR count). The summed E-state index contributed by atoms with van der Waals surface area (Å²) >= 11 is 0. The molecule has 0 aliphatic carbocycles. The Balaban J connectivity index is 1.62. The van der Waals surface area contributed by atoms with E-state index in [0.717, 1.165) is 27.9 Å². The lowest BCUT2D eigenvalue weighted by Crippen LogP contribution is -2.41. The lowest BCUT2D eigenvalue weighted by atomic mass is 9.78. The van der Waals surface area contributed by atoms with Crippen LogP contribution in [0.1, 0.15) is 51.3 Å². The molecule has 1 fully saturated rings. The molecular weight excluding hydrogens is 449 g/mol. The molecule has 0 N–H and O–H groups in total. The van der Waals surface area contributed by atoms with Crippen molar-refractivity contribution in [3.05, 3.63) is 102 Å². The summed E-state index contributed by atoms with van der Waals surface area (Å²) in [7, 11) is -0.425. The van der Waals surface area contributed by atoms with Crippen molar-refractivity contribution in [2.24, 2.45) is 4.99 Å². The van der Waals surface area contributed by atoms with Gasteiger partial charge in [0.05, 0.1) is 23.5 Å². The van der Waals surface area contributed by atoms with Gasteiger partial charge in [-0.25, -0.2) is 4.79 Å². The van der Waals surface area contributed by atoms with E-state index in [2.05, 4.69) is 0 Å².